The quantitative estimate of drug-likeness (QED) is 0.497. The number of amides is 1. The smallest absolute Gasteiger partial charge is 0.325 e. The van der Waals surface area contributed by atoms with Crippen molar-refractivity contribution in [3.05, 3.63) is 39.4 Å². The molecule has 0 saturated heterocycles. The molecule has 1 aromatic carbocycles. The van der Waals surface area contributed by atoms with Crippen molar-refractivity contribution in [1.29, 1.82) is 0 Å². The fourth-order valence-corrected chi connectivity index (χ4v) is 1.19. The monoisotopic (exact) mass is 274 g/mol. The molecule has 0 radical (unpaired) electrons. The van der Waals surface area contributed by atoms with Crippen LogP contribution in [0.1, 0.15) is 10.4 Å². The maximum atomic E-state index is 13.0. The Morgan fingerprint density at radius 1 is 1.37 bits per heavy atom. The average molecular weight is 274 g/mol. The fraction of sp³-hybridized carbons (Fsp3) is 0.200. The summed E-state index contributed by atoms with van der Waals surface area (Å²) in [7, 11) is 1.08. The van der Waals surface area contributed by atoms with Crippen LogP contribution in [-0.4, -0.2) is 30.5 Å². The molecule has 1 rings (SSSR count). The number of rotatable bonds is 4. The van der Waals surface area contributed by atoms with Crippen molar-refractivity contribution in [3.63, 3.8) is 0 Å². The maximum Gasteiger partial charge on any atom is 0.325 e. The number of carbonyl (C=O) groups excluding carboxylic acids is 2. The van der Waals surface area contributed by atoms with Gasteiger partial charge in [0.2, 0.25) is 0 Å². The standard InChI is InChI=1S/C10H8F2N2O5/c1-19-9(15)4-13-10(16)5-2-6(11)7(12)3-8(5)14(17)18/h2-3H,4H2,1H3,(H,13,16). The van der Waals surface area contributed by atoms with E-state index >= 15 is 0 Å². The van der Waals surface area contributed by atoms with Gasteiger partial charge in [-0.2, -0.15) is 0 Å². The second-order valence-electron chi connectivity index (χ2n) is 3.30. The Bertz CT molecular complexity index is 547. The number of ether oxygens (including phenoxy) is 1. The van der Waals surface area contributed by atoms with Crippen molar-refractivity contribution in [2.45, 2.75) is 0 Å². The van der Waals surface area contributed by atoms with Gasteiger partial charge in [0.25, 0.3) is 11.6 Å². The van der Waals surface area contributed by atoms with E-state index in [4.69, 9.17) is 0 Å². The molecular formula is C10H8F2N2O5. The number of hydrogen-bond acceptors (Lipinski definition) is 5. The maximum absolute atomic E-state index is 13.0. The van der Waals surface area contributed by atoms with Crippen LogP contribution < -0.4 is 5.32 Å². The van der Waals surface area contributed by atoms with Gasteiger partial charge < -0.3 is 10.1 Å². The molecule has 1 N–H and O–H groups in total. The summed E-state index contributed by atoms with van der Waals surface area (Å²) in [5, 5.41) is 12.6. The Kier molecular flexibility index (Phi) is 4.46. The van der Waals surface area contributed by atoms with E-state index in [1.54, 1.807) is 0 Å². The summed E-state index contributed by atoms with van der Waals surface area (Å²) in [5.41, 5.74) is -1.59. The average Bonchev–Trinajstić information content (AvgIpc) is 2.37. The largest absolute Gasteiger partial charge is 0.468 e. The molecule has 1 amide bonds. The first-order valence-electron chi connectivity index (χ1n) is 4.85. The Balaban J connectivity index is 3.04. The molecule has 0 unspecified atom stereocenters. The molecule has 0 spiro atoms. The van der Waals surface area contributed by atoms with Gasteiger partial charge in [0.05, 0.1) is 18.1 Å². The number of nitrogens with one attached hydrogen (secondary N) is 1. The molecule has 0 saturated carbocycles. The van der Waals surface area contributed by atoms with Crippen LogP contribution in [0.15, 0.2) is 12.1 Å². The second kappa shape index (κ2) is 5.85. The third-order valence-electron chi connectivity index (χ3n) is 2.10. The van der Waals surface area contributed by atoms with E-state index in [-0.39, 0.29) is 0 Å². The zero-order chi connectivity index (χ0) is 14.6. The zero-order valence-electron chi connectivity index (χ0n) is 9.61. The van der Waals surface area contributed by atoms with Crippen molar-refractivity contribution in [2.24, 2.45) is 0 Å². The fourth-order valence-electron chi connectivity index (χ4n) is 1.19. The Morgan fingerprint density at radius 3 is 2.47 bits per heavy atom. The van der Waals surface area contributed by atoms with E-state index in [1.165, 1.54) is 0 Å². The van der Waals surface area contributed by atoms with Crippen molar-refractivity contribution in [3.8, 4) is 0 Å². The zero-order valence-corrected chi connectivity index (χ0v) is 9.61. The number of nitrogens with zero attached hydrogens (tertiary/aromatic N) is 1. The minimum atomic E-state index is -1.45. The van der Waals surface area contributed by atoms with Gasteiger partial charge in [0, 0.05) is 0 Å². The lowest BCUT2D eigenvalue weighted by Crippen LogP contribution is -2.30. The summed E-state index contributed by atoms with van der Waals surface area (Å²) in [6, 6.07) is 0.683. The molecule has 0 aliphatic rings. The van der Waals surface area contributed by atoms with Crippen LogP contribution in [0.3, 0.4) is 0 Å². The van der Waals surface area contributed by atoms with E-state index in [2.05, 4.69) is 4.74 Å². The molecule has 7 nitrogen and oxygen atoms in total. The Morgan fingerprint density at radius 2 is 1.95 bits per heavy atom. The number of methoxy groups -OCH3 is 1. The molecule has 1 aromatic rings. The molecule has 0 heterocycles. The SMILES string of the molecule is COC(=O)CNC(=O)c1cc(F)c(F)cc1[N+](=O)[O-]. The van der Waals surface area contributed by atoms with Crippen LogP contribution in [0.4, 0.5) is 14.5 Å². The molecule has 0 aliphatic carbocycles. The van der Waals surface area contributed by atoms with Gasteiger partial charge in [-0.3, -0.25) is 19.7 Å². The number of benzene rings is 1. The molecule has 0 fully saturated rings. The molecule has 102 valence electrons. The summed E-state index contributed by atoms with van der Waals surface area (Å²) < 4.78 is 30.1. The van der Waals surface area contributed by atoms with Crippen LogP contribution in [0, 0.1) is 21.7 Å². The topological polar surface area (TPSA) is 98.5 Å². The second-order valence-corrected chi connectivity index (χ2v) is 3.30. The number of hydrogen-bond donors (Lipinski definition) is 1. The van der Waals surface area contributed by atoms with E-state index in [0.717, 1.165) is 7.11 Å². The normalized spacial score (nSPS) is 9.84. The summed E-state index contributed by atoms with van der Waals surface area (Å²) >= 11 is 0. The van der Waals surface area contributed by atoms with Crippen molar-refractivity contribution >= 4 is 17.6 Å². The lowest BCUT2D eigenvalue weighted by atomic mass is 10.1. The predicted molar refractivity (Wildman–Crippen MR) is 57.4 cm³/mol. The summed E-state index contributed by atoms with van der Waals surface area (Å²) in [6.45, 7) is -0.550. The van der Waals surface area contributed by atoms with Crippen molar-refractivity contribution in [2.75, 3.05) is 13.7 Å². The molecule has 9 heteroatoms. The first-order chi connectivity index (χ1) is 8.86. The van der Waals surface area contributed by atoms with E-state index in [9.17, 15) is 28.5 Å². The van der Waals surface area contributed by atoms with Crippen LogP contribution in [0.2, 0.25) is 0 Å². The minimum absolute atomic E-state index is 0.294. The third kappa shape index (κ3) is 3.44. The Labute approximate surface area is 105 Å². The van der Waals surface area contributed by atoms with E-state index in [1.807, 2.05) is 5.32 Å². The van der Waals surface area contributed by atoms with Gasteiger partial charge in [-0.15, -0.1) is 0 Å². The Hall–Kier alpha value is -2.58. The number of halogens is 2. The summed E-state index contributed by atoms with van der Waals surface area (Å²) in [6.07, 6.45) is 0. The molecule has 0 bridgehead atoms. The predicted octanol–water partition coefficient (Wildman–Crippen LogP) is 0.776. The van der Waals surface area contributed by atoms with Gasteiger partial charge in [-0.1, -0.05) is 0 Å². The lowest BCUT2D eigenvalue weighted by molar-refractivity contribution is -0.385. The number of carbonyl (C=O) groups is 2. The van der Waals surface area contributed by atoms with Crippen LogP contribution >= 0.6 is 0 Å². The van der Waals surface area contributed by atoms with Crippen molar-refractivity contribution in [1.82, 2.24) is 5.32 Å². The molecular weight excluding hydrogens is 266 g/mol. The lowest BCUT2D eigenvalue weighted by Gasteiger charge is -2.05. The highest BCUT2D eigenvalue weighted by Gasteiger charge is 2.24. The van der Waals surface area contributed by atoms with E-state index in [0.29, 0.717) is 12.1 Å². The minimum Gasteiger partial charge on any atom is -0.468 e. The first-order valence-corrected chi connectivity index (χ1v) is 4.85. The van der Waals surface area contributed by atoms with E-state index < -0.39 is 46.2 Å². The van der Waals surface area contributed by atoms with Gasteiger partial charge in [0.1, 0.15) is 12.1 Å². The van der Waals surface area contributed by atoms with Gasteiger partial charge in [0.15, 0.2) is 11.6 Å². The highest BCUT2D eigenvalue weighted by molar-refractivity contribution is 5.99. The van der Waals surface area contributed by atoms with Gasteiger partial charge in [-0.25, -0.2) is 8.78 Å². The highest BCUT2D eigenvalue weighted by Crippen LogP contribution is 2.22. The first kappa shape index (κ1) is 14.5. The highest BCUT2D eigenvalue weighted by atomic mass is 19.2. The van der Waals surface area contributed by atoms with Crippen LogP contribution in [-0.2, 0) is 9.53 Å². The van der Waals surface area contributed by atoms with Gasteiger partial charge in [-0.05, 0) is 6.07 Å². The number of nitro groups is 1. The summed E-state index contributed by atoms with van der Waals surface area (Å²) in [4.78, 5) is 31.9. The summed E-state index contributed by atoms with van der Waals surface area (Å²) in [5.74, 6) is -4.74. The molecule has 0 atom stereocenters. The van der Waals surface area contributed by atoms with Gasteiger partial charge >= 0.3 is 5.97 Å². The molecule has 0 aliphatic heterocycles. The van der Waals surface area contributed by atoms with Crippen LogP contribution in [0.25, 0.3) is 0 Å². The number of esters is 1. The van der Waals surface area contributed by atoms with Crippen LogP contribution in [0.5, 0.6) is 0 Å². The molecule has 0 aromatic heterocycles. The van der Waals surface area contributed by atoms with Crippen molar-refractivity contribution < 1.29 is 28.0 Å². The number of nitro benzene ring substituents is 1. The molecule has 19 heavy (non-hydrogen) atoms. The third-order valence-corrected chi connectivity index (χ3v) is 2.10.